The van der Waals surface area contributed by atoms with Gasteiger partial charge in [0.1, 0.15) is 34.4 Å². The second kappa shape index (κ2) is 12.0. The lowest BCUT2D eigenvalue weighted by molar-refractivity contribution is -0.150. The van der Waals surface area contributed by atoms with Gasteiger partial charge in [0.15, 0.2) is 15.2 Å². The lowest BCUT2D eigenvalue weighted by Crippen LogP contribution is -2.71. The third kappa shape index (κ3) is 6.08. The first-order valence-electron chi connectivity index (χ1n) is 12.2. The maximum absolute atomic E-state index is 13.4. The number of benzene rings is 1. The van der Waals surface area contributed by atoms with E-state index in [1.807, 2.05) is 30.3 Å². The Morgan fingerprint density at radius 1 is 1.27 bits per heavy atom. The summed E-state index contributed by atoms with van der Waals surface area (Å²) in [5.74, 6) is -1.60. The number of nitrogen functional groups attached to an aromatic ring is 1. The summed E-state index contributed by atoms with van der Waals surface area (Å²) >= 11 is 6.95. The smallest absolute Gasteiger partial charge is 0.352 e. The molecule has 2 aromatic heterocycles. The first-order valence-corrected chi connectivity index (χ1v) is 16.8. The Bertz CT molecular complexity index is 1530. The molecule has 0 bridgehead atoms. The SMILES string of the molecule is Nc1nc(/C(=N/OC2CC2Sc2ccccc2)C(=O)N[C@@H]2C(=O)N3C(C(=O)O)=C(CSc4nncs4)CS[C@H]23)cs1. The number of nitrogens with two attached hydrogens (primary N) is 1. The summed E-state index contributed by atoms with van der Waals surface area (Å²) < 4.78 is 0.710. The predicted molar refractivity (Wildman–Crippen MR) is 159 cm³/mol. The zero-order chi connectivity index (χ0) is 28.5. The van der Waals surface area contributed by atoms with Gasteiger partial charge in [0.25, 0.3) is 11.8 Å². The zero-order valence-corrected chi connectivity index (χ0v) is 25.0. The molecule has 17 heteroatoms. The molecule has 41 heavy (non-hydrogen) atoms. The highest BCUT2D eigenvalue weighted by Gasteiger charge is 2.54. The fourth-order valence-corrected chi connectivity index (χ4v) is 8.83. The van der Waals surface area contributed by atoms with Gasteiger partial charge in [0.05, 0.1) is 5.25 Å². The van der Waals surface area contributed by atoms with Crippen LogP contribution in [0.1, 0.15) is 12.1 Å². The number of oxime groups is 1. The average Bonchev–Trinajstić information content (AvgIpc) is 3.29. The molecule has 3 aliphatic rings. The minimum atomic E-state index is -1.19. The van der Waals surface area contributed by atoms with Crippen molar-refractivity contribution < 1.29 is 24.3 Å². The molecule has 212 valence electrons. The molecule has 2 amide bonds. The van der Waals surface area contributed by atoms with E-state index in [4.69, 9.17) is 10.6 Å². The van der Waals surface area contributed by atoms with Gasteiger partial charge in [-0.15, -0.1) is 45.1 Å². The van der Waals surface area contributed by atoms with Crippen LogP contribution in [0.15, 0.2) is 66.9 Å². The minimum Gasteiger partial charge on any atom is -0.477 e. The number of hydrogen-bond donors (Lipinski definition) is 3. The standard InChI is InChI=1S/C24H21N7O5S5/c25-23-27-13(9-38-23)16(30-36-14-6-15(14)41-12-4-2-1-3-5-12)19(32)28-17-20(33)31-18(22(34)35)11(7-37-21(17)31)8-39-24-29-26-10-40-24/h1-5,9-10,14-15,17,21H,6-8H2,(H2,25,27)(H,28,32)(H,34,35)/b30-16-/t14?,15?,17-,21-/m1/s1. The first-order chi connectivity index (χ1) is 19.9. The molecule has 1 saturated carbocycles. The van der Waals surface area contributed by atoms with Crippen molar-refractivity contribution in [2.24, 2.45) is 5.16 Å². The fourth-order valence-electron chi connectivity index (χ4n) is 4.16. The second-order valence-corrected chi connectivity index (χ2v) is 14.3. The van der Waals surface area contributed by atoms with Gasteiger partial charge in [-0.2, -0.15) is 0 Å². The summed E-state index contributed by atoms with van der Waals surface area (Å²) in [5.41, 5.74) is 8.09. The maximum Gasteiger partial charge on any atom is 0.352 e. The molecule has 1 saturated heterocycles. The highest BCUT2D eigenvalue weighted by Crippen LogP contribution is 2.43. The van der Waals surface area contributed by atoms with Crippen molar-refractivity contribution in [3.05, 3.63) is 58.2 Å². The summed E-state index contributed by atoms with van der Waals surface area (Å²) in [6.45, 7) is 0. The number of rotatable bonds is 11. The lowest BCUT2D eigenvalue weighted by atomic mass is 10.0. The van der Waals surface area contributed by atoms with Crippen LogP contribution in [0, 0.1) is 0 Å². The normalized spacial score (nSPS) is 23.6. The van der Waals surface area contributed by atoms with E-state index in [-0.39, 0.29) is 33.6 Å². The van der Waals surface area contributed by atoms with Crippen molar-refractivity contribution in [1.82, 2.24) is 25.4 Å². The number of thioether (sulfide) groups is 3. The van der Waals surface area contributed by atoms with Crippen LogP contribution in [0.5, 0.6) is 0 Å². The number of nitrogens with one attached hydrogen (secondary N) is 1. The van der Waals surface area contributed by atoms with Crippen LogP contribution in [-0.2, 0) is 19.2 Å². The summed E-state index contributed by atoms with van der Waals surface area (Å²) in [5, 5.41) is 26.0. The Hall–Kier alpha value is -3.12. The molecule has 1 aliphatic carbocycles. The zero-order valence-electron chi connectivity index (χ0n) is 20.9. The Kier molecular flexibility index (Phi) is 8.21. The number of β-lactam (4-membered cyclic amide) rings is 1. The number of hydrogen-bond acceptors (Lipinski definition) is 14. The largest absolute Gasteiger partial charge is 0.477 e. The Morgan fingerprint density at radius 2 is 2.10 bits per heavy atom. The molecule has 4 heterocycles. The molecular weight excluding hydrogens is 627 g/mol. The minimum absolute atomic E-state index is 0.0542. The van der Waals surface area contributed by atoms with Gasteiger partial charge >= 0.3 is 5.97 Å². The molecular formula is C24H21N7O5S5. The molecule has 4 atom stereocenters. The number of aromatic nitrogens is 3. The number of amides is 2. The lowest BCUT2D eigenvalue weighted by Gasteiger charge is -2.49. The van der Waals surface area contributed by atoms with Crippen molar-refractivity contribution in [3.63, 3.8) is 0 Å². The van der Waals surface area contributed by atoms with E-state index >= 15 is 0 Å². The van der Waals surface area contributed by atoms with Gasteiger partial charge in [-0.25, -0.2) is 9.78 Å². The summed E-state index contributed by atoms with van der Waals surface area (Å²) in [7, 11) is 0. The van der Waals surface area contributed by atoms with Crippen molar-refractivity contribution in [3.8, 4) is 0 Å². The number of carboxylic acids is 1. The number of carbonyl (C=O) groups is 3. The quantitative estimate of drug-likeness (QED) is 0.120. The molecule has 6 rings (SSSR count). The molecule has 0 radical (unpaired) electrons. The van der Waals surface area contributed by atoms with E-state index < -0.39 is 29.2 Å². The van der Waals surface area contributed by atoms with Crippen LogP contribution in [-0.4, -0.2) is 83.0 Å². The van der Waals surface area contributed by atoms with Crippen LogP contribution in [0.4, 0.5) is 5.13 Å². The van der Waals surface area contributed by atoms with Crippen LogP contribution in [0.3, 0.4) is 0 Å². The molecule has 3 aromatic rings. The average molecular weight is 648 g/mol. The van der Waals surface area contributed by atoms with Crippen LogP contribution in [0.25, 0.3) is 0 Å². The highest BCUT2D eigenvalue weighted by atomic mass is 32.2. The van der Waals surface area contributed by atoms with E-state index in [0.717, 1.165) is 22.7 Å². The van der Waals surface area contributed by atoms with E-state index in [1.165, 1.54) is 39.8 Å². The third-order valence-corrected chi connectivity index (χ3v) is 11.5. The Balaban J connectivity index is 1.13. The van der Waals surface area contributed by atoms with Gasteiger partial charge in [-0.05, 0) is 17.7 Å². The van der Waals surface area contributed by atoms with Crippen molar-refractivity contribution in [2.75, 3.05) is 17.2 Å². The second-order valence-electron chi connectivity index (χ2n) is 8.97. The Morgan fingerprint density at radius 3 is 2.80 bits per heavy atom. The van der Waals surface area contributed by atoms with E-state index in [2.05, 4.69) is 25.7 Å². The highest BCUT2D eigenvalue weighted by molar-refractivity contribution is 8.02. The van der Waals surface area contributed by atoms with Crippen molar-refractivity contribution in [1.29, 1.82) is 0 Å². The van der Waals surface area contributed by atoms with Gasteiger partial charge in [-0.3, -0.25) is 14.5 Å². The first kappa shape index (κ1) is 28.0. The number of thiazole rings is 1. The molecule has 12 nitrogen and oxygen atoms in total. The number of carbonyl (C=O) groups excluding carboxylic acids is 2. The number of carboxylic acid groups (broad SMARTS) is 1. The number of nitrogens with zero attached hydrogens (tertiary/aromatic N) is 5. The summed E-state index contributed by atoms with van der Waals surface area (Å²) in [4.78, 5) is 50.9. The molecule has 2 aliphatic heterocycles. The molecule has 2 fully saturated rings. The number of fused-ring (bicyclic) bond motifs is 1. The summed E-state index contributed by atoms with van der Waals surface area (Å²) in [6, 6.07) is 9.01. The van der Waals surface area contributed by atoms with Crippen LogP contribution >= 0.6 is 58.0 Å². The number of aliphatic carboxylic acids is 1. The molecule has 0 spiro atoms. The number of anilines is 1. The van der Waals surface area contributed by atoms with E-state index in [0.29, 0.717) is 21.4 Å². The van der Waals surface area contributed by atoms with E-state index in [1.54, 1.807) is 22.7 Å². The van der Waals surface area contributed by atoms with Crippen LogP contribution in [0.2, 0.25) is 0 Å². The van der Waals surface area contributed by atoms with Gasteiger partial charge in [0, 0.05) is 28.2 Å². The van der Waals surface area contributed by atoms with Gasteiger partial charge in [-0.1, -0.05) is 46.5 Å². The monoisotopic (exact) mass is 647 g/mol. The van der Waals surface area contributed by atoms with Crippen molar-refractivity contribution >= 4 is 86.6 Å². The van der Waals surface area contributed by atoms with E-state index in [9.17, 15) is 19.5 Å². The van der Waals surface area contributed by atoms with Gasteiger partial charge < -0.3 is 21.0 Å². The Labute approximate surface area is 254 Å². The predicted octanol–water partition coefficient (Wildman–Crippen LogP) is 2.76. The molecule has 4 N–H and O–H groups in total. The summed E-state index contributed by atoms with van der Waals surface area (Å²) in [6.07, 6.45) is 0.601. The van der Waals surface area contributed by atoms with Crippen LogP contribution < -0.4 is 11.1 Å². The third-order valence-electron chi connectivity index (χ3n) is 6.21. The topological polar surface area (TPSA) is 173 Å². The molecule has 1 aromatic carbocycles. The van der Waals surface area contributed by atoms with Crippen molar-refractivity contribution in [2.45, 2.75) is 38.4 Å². The fraction of sp³-hybridized carbons (Fsp3) is 0.292. The molecule has 2 unspecified atom stereocenters. The maximum atomic E-state index is 13.4. The van der Waals surface area contributed by atoms with Gasteiger partial charge in [0.2, 0.25) is 0 Å².